The highest BCUT2D eigenvalue weighted by Crippen LogP contribution is 2.20. The third-order valence-electron chi connectivity index (χ3n) is 2.83. The van der Waals surface area contributed by atoms with Gasteiger partial charge in [0.05, 0.1) is 23.5 Å². The van der Waals surface area contributed by atoms with Crippen LogP contribution in [0.3, 0.4) is 0 Å². The van der Waals surface area contributed by atoms with Crippen LogP contribution in [0.5, 0.6) is 0 Å². The molecule has 0 spiro atoms. The lowest BCUT2D eigenvalue weighted by Crippen LogP contribution is -1.96. The minimum absolute atomic E-state index is 0.517. The fourth-order valence-electron chi connectivity index (χ4n) is 1.93. The number of rotatable bonds is 4. The highest BCUT2D eigenvalue weighted by Gasteiger charge is 2.09. The minimum Gasteiger partial charge on any atom is -0.375 e. The first-order valence-corrected chi connectivity index (χ1v) is 6.22. The summed E-state index contributed by atoms with van der Waals surface area (Å²) in [4.78, 5) is 4.56. The van der Waals surface area contributed by atoms with Crippen molar-refractivity contribution in [2.45, 2.75) is 13.5 Å². The largest absolute Gasteiger partial charge is 0.375 e. The Hall–Kier alpha value is -2.27. The molecule has 5 nitrogen and oxygen atoms in total. The van der Waals surface area contributed by atoms with E-state index in [1.807, 2.05) is 49.5 Å². The first kappa shape index (κ1) is 11.8. The minimum atomic E-state index is 0.517. The Morgan fingerprint density at radius 2 is 2.11 bits per heavy atom. The van der Waals surface area contributed by atoms with Gasteiger partial charge >= 0.3 is 0 Å². The van der Waals surface area contributed by atoms with Crippen molar-refractivity contribution in [2.24, 2.45) is 0 Å². The molecule has 3 heterocycles. The number of ether oxygens (including phenoxy) is 1. The lowest BCUT2D eigenvalue weighted by molar-refractivity contribution is 0.131. The van der Waals surface area contributed by atoms with Gasteiger partial charge in [-0.05, 0) is 31.2 Å². The van der Waals surface area contributed by atoms with Crippen molar-refractivity contribution in [1.29, 1.82) is 0 Å². The van der Waals surface area contributed by atoms with Gasteiger partial charge in [-0.2, -0.15) is 0 Å². The monoisotopic (exact) mass is 254 g/mol. The summed E-state index contributed by atoms with van der Waals surface area (Å²) in [7, 11) is 0. The zero-order valence-electron chi connectivity index (χ0n) is 10.7. The molecule has 0 aliphatic heterocycles. The van der Waals surface area contributed by atoms with Gasteiger partial charge in [-0.1, -0.05) is 17.3 Å². The fraction of sp³-hybridized carbons (Fsp3) is 0.214. The van der Waals surface area contributed by atoms with Crippen LogP contribution in [-0.4, -0.2) is 26.4 Å². The van der Waals surface area contributed by atoms with Crippen LogP contribution < -0.4 is 0 Å². The average molecular weight is 254 g/mol. The summed E-state index contributed by atoms with van der Waals surface area (Å²) in [6.45, 7) is 3.17. The van der Waals surface area contributed by atoms with Crippen LogP contribution in [0, 0.1) is 0 Å². The van der Waals surface area contributed by atoms with E-state index in [-0.39, 0.29) is 0 Å². The molecule has 3 aromatic heterocycles. The molecule has 0 saturated carbocycles. The quantitative estimate of drug-likeness (QED) is 0.717. The predicted molar refractivity (Wildman–Crippen MR) is 71.5 cm³/mol. The summed E-state index contributed by atoms with van der Waals surface area (Å²) in [5.74, 6) is 0. The lowest BCUT2D eigenvalue weighted by atomic mass is 10.2. The smallest absolute Gasteiger partial charge is 0.139 e. The van der Waals surface area contributed by atoms with Crippen molar-refractivity contribution < 1.29 is 4.74 Å². The Balaban J connectivity index is 2.01. The van der Waals surface area contributed by atoms with E-state index in [0.29, 0.717) is 13.2 Å². The zero-order valence-corrected chi connectivity index (χ0v) is 10.7. The van der Waals surface area contributed by atoms with E-state index in [2.05, 4.69) is 15.3 Å². The van der Waals surface area contributed by atoms with Gasteiger partial charge in [0, 0.05) is 12.8 Å². The fourth-order valence-corrected chi connectivity index (χ4v) is 1.93. The van der Waals surface area contributed by atoms with Crippen molar-refractivity contribution in [2.75, 3.05) is 6.61 Å². The number of hydrogen-bond acceptors (Lipinski definition) is 4. The van der Waals surface area contributed by atoms with E-state index >= 15 is 0 Å². The number of aromatic nitrogens is 4. The van der Waals surface area contributed by atoms with Crippen molar-refractivity contribution in [3.05, 3.63) is 48.3 Å². The van der Waals surface area contributed by atoms with Gasteiger partial charge in [-0.3, -0.25) is 0 Å². The second kappa shape index (κ2) is 5.16. The maximum absolute atomic E-state index is 5.38. The van der Waals surface area contributed by atoms with Crippen LogP contribution in [0.4, 0.5) is 0 Å². The summed E-state index contributed by atoms with van der Waals surface area (Å²) in [6.07, 6.45) is 1.87. The van der Waals surface area contributed by atoms with Crippen molar-refractivity contribution in [1.82, 2.24) is 19.8 Å². The molecule has 19 heavy (non-hydrogen) atoms. The third kappa shape index (κ3) is 2.32. The van der Waals surface area contributed by atoms with Crippen LogP contribution in [0.15, 0.2) is 42.6 Å². The normalized spacial score (nSPS) is 11.0. The van der Waals surface area contributed by atoms with Crippen molar-refractivity contribution >= 4 is 5.52 Å². The first-order valence-electron chi connectivity index (χ1n) is 6.22. The highest BCUT2D eigenvalue weighted by molar-refractivity contribution is 5.73. The molecule has 0 saturated heterocycles. The van der Waals surface area contributed by atoms with Gasteiger partial charge < -0.3 is 4.74 Å². The number of fused-ring (bicyclic) bond motifs is 1. The number of pyridine rings is 2. The summed E-state index contributed by atoms with van der Waals surface area (Å²) in [6, 6.07) is 11.7. The Bertz CT molecular complexity index is 692. The first-order chi connectivity index (χ1) is 9.38. The van der Waals surface area contributed by atoms with E-state index < -0.39 is 0 Å². The van der Waals surface area contributed by atoms with E-state index in [0.717, 1.165) is 22.6 Å². The van der Waals surface area contributed by atoms with E-state index in [1.54, 1.807) is 4.52 Å². The predicted octanol–water partition coefficient (Wildman–Crippen LogP) is 2.33. The molecule has 0 N–H and O–H groups in total. The molecule has 3 aromatic rings. The highest BCUT2D eigenvalue weighted by atomic mass is 16.5. The Morgan fingerprint density at radius 3 is 3.00 bits per heavy atom. The summed E-state index contributed by atoms with van der Waals surface area (Å²) < 4.78 is 7.12. The SMILES string of the molecule is CCOCc1cccc(-c2nnn3ccccc23)n1. The van der Waals surface area contributed by atoms with Crippen LogP contribution in [-0.2, 0) is 11.3 Å². The molecule has 0 amide bonds. The Labute approximate surface area is 110 Å². The summed E-state index contributed by atoms with van der Waals surface area (Å²) in [5, 5.41) is 8.28. The maximum Gasteiger partial charge on any atom is 0.139 e. The molecule has 0 fully saturated rings. The van der Waals surface area contributed by atoms with Gasteiger partial charge in [0.2, 0.25) is 0 Å². The number of hydrogen-bond donors (Lipinski definition) is 0. The van der Waals surface area contributed by atoms with Gasteiger partial charge in [0.25, 0.3) is 0 Å². The second-order valence-electron chi connectivity index (χ2n) is 4.12. The second-order valence-corrected chi connectivity index (χ2v) is 4.12. The Kier molecular flexibility index (Phi) is 3.20. The number of nitrogens with zero attached hydrogens (tertiary/aromatic N) is 4. The molecule has 96 valence electrons. The van der Waals surface area contributed by atoms with E-state index in [9.17, 15) is 0 Å². The third-order valence-corrected chi connectivity index (χ3v) is 2.83. The summed E-state index contributed by atoms with van der Waals surface area (Å²) >= 11 is 0. The topological polar surface area (TPSA) is 52.3 Å². The lowest BCUT2D eigenvalue weighted by Gasteiger charge is -2.03. The molecule has 0 aromatic carbocycles. The van der Waals surface area contributed by atoms with Crippen LogP contribution in [0.2, 0.25) is 0 Å². The standard InChI is InChI=1S/C14H14N4O/c1-2-19-10-11-6-5-7-12(15-11)14-13-8-3-4-9-18(13)17-16-14/h3-9H,2,10H2,1H3. The molecular formula is C14H14N4O. The van der Waals surface area contributed by atoms with Gasteiger partial charge in [-0.15, -0.1) is 5.10 Å². The molecule has 0 aliphatic rings. The molecule has 0 aliphatic carbocycles. The Morgan fingerprint density at radius 1 is 1.16 bits per heavy atom. The summed E-state index contributed by atoms with van der Waals surface area (Å²) in [5.41, 5.74) is 3.46. The van der Waals surface area contributed by atoms with E-state index in [1.165, 1.54) is 0 Å². The van der Waals surface area contributed by atoms with Gasteiger partial charge in [0.15, 0.2) is 0 Å². The molecule has 5 heteroatoms. The molecule has 0 atom stereocenters. The van der Waals surface area contributed by atoms with Gasteiger partial charge in [0.1, 0.15) is 5.69 Å². The van der Waals surface area contributed by atoms with Crippen LogP contribution >= 0.6 is 0 Å². The molecule has 0 radical (unpaired) electrons. The molecule has 3 rings (SSSR count). The van der Waals surface area contributed by atoms with E-state index in [4.69, 9.17) is 4.74 Å². The van der Waals surface area contributed by atoms with Crippen LogP contribution in [0.25, 0.3) is 16.9 Å². The van der Waals surface area contributed by atoms with Crippen molar-refractivity contribution in [3.8, 4) is 11.4 Å². The maximum atomic E-state index is 5.38. The van der Waals surface area contributed by atoms with Crippen molar-refractivity contribution in [3.63, 3.8) is 0 Å². The molecular weight excluding hydrogens is 240 g/mol. The zero-order chi connectivity index (χ0) is 13.1. The van der Waals surface area contributed by atoms with Gasteiger partial charge in [-0.25, -0.2) is 9.50 Å². The van der Waals surface area contributed by atoms with Crippen LogP contribution in [0.1, 0.15) is 12.6 Å². The average Bonchev–Trinajstić information content (AvgIpc) is 2.89. The molecule has 0 bridgehead atoms. The molecule has 0 unspecified atom stereocenters.